The number of nitrogens with zero attached hydrogens (tertiary/aromatic N) is 4. The van der Waals surface area contributed by atoms with E-state index in [1.165, 1.54) is 32.1 Å². The van der Waals surface area contributed by atoms with Gasteiger partial charge in [0.1, 0.15) is 5.75 Å². The molecule has 0 bridgehead atoms. The van der Waals surface area contributed by atoms with Crippen LogP contribution < -0.4 is 4.74 Å². The van der Waals surface area contributed by atoms with Gasteiger partial charge in [-0.3, -0.25) is 0 Å². The smallest absolute Gasteiger partial charge is 0.175 e. The molecule has 2 saturated carbocycles. The van der Waals surface area contributed by atoms with Gasteiger partial charge in [0.05, 0.1) is 29.3 Å². The molecular weight excluding hydrogens is 412 g/mol. The Bertz CT molecular complexity index is 991. The topological polar surface area (TPSA) is 65.5 Å². The van der Waals surface area contributed by atoms with Crippen LogP contribution in [0.1, 0.15) is 62.6 Å². The second-order valence-corrected chi connectivity index (χ2v) is 11.0. The molecule has 33 heavy (non-hydrogen) atoms. The Morgan fingerprint density at radius 1 is 1.18 bits per heavy atom. The monoisotopic (exact) mass is 450 g/mol. The lowest BCUT2D eigenvalue weighted by molar-refractivity contribution is 0.0895. The molecule has 0 spiro atoms. The lowest BCUT2D eigenvalue weighted by Crippen LogP contribution is -2.44. The molecule has 2 aliphatic carbocycles. The molecule has 3 aliphatic rings. The number of nitriles is 1. The van der Waals surface area contributed by atoms with Crippen molar-refractivity contribution < 1.29 is 9.26 Å². The molecule has 5 rings (SSSR count). The molecule has 6 nitrogen and oxygen atoms in total. The van der Waals surface area contributed by atoms with E-state index in [-0.39, 0.29) is 5.41 Å². The van der Waals surface area contributed by atoms with Gasteiger partial charge in [-0.05, 0) is 103 Å². The van der Waals surface area contributed by atoms with E-state index < -0.39 is 0 Å². The Labute approximate surface area is 197 Å². The normalized spacial score (nSPS) is 21.3. The van der Waals surface area contributed by atoms with E-state index >= 15 is 0 Å². The van der Waals surface area contributed by atoms with Gasteiger partial charge in [0.15, 0.2) is 5.58 Å². The number of ether oxygens (including phenoxy) is 1. The van der Waals surface area contributed by atoms with Crippen LogP contribution >= 0.6 is 0 Å². The first kappa shape index (κ1) is 22.7. The van der Waals surface area contributed by atoms with Crippen LogP contribution in [0, 0.1) is 28.6 Å². The summed E-state index contributed by atoms with van der Waals surface area (Å²) in [5.74, 6) is 2.40. The first-order valence-corrected chi connectivity index (χ1v) is 12.9. The van der Waals surface area contributed by atoms with Gasteiger partial charge in [-0.1, -0.05) is 11.6 Å². The summed E-state index contributed by atoms with van der Waals surface area (Å²) in [7, 11) is 4.16. The Morgan fingerprint density at radius 2 is 1.97 bits per heavy atom. The van der Waals surface area contributed by atoms with Crippen LogP contribution in [0.5, 0.6) is 5.75 Å². The molecule has 1 saturated heterocycles. The summed E-state index contributed by atoms with van der Waals surface area (Å²) in [6.45, 7) is 4.82. The van der Waals surface area contributed by atoms with Crippen LogP contribution in [0.15, 0.2) is 16.7 Å². The summed E-state index contributed by atoms with van der Waals surface area (Å²) in [4.78, 5) is 4.69. The number of aromatic nitrogens is 1. The Morgan fingerprint density at radius 3 is 2.61 bits per heavy atom. The molecule has 6 heteroatoms. The Hall–Kier alpha value is -2.10. The summed E-state index contributed by atoms with van der Waals surface area (Å²) in [5.41, 5.74) is 3.05. The number of aryl methyl sites for hydroxylation is 1. The highest BCUT2D eigenvalue weighted by Gasteiger charge is 2.39. The van der Waals surface area contributed by atoms with Gasteiger partial charge in [0.2, 0.25) is 0 Å². The standard InChI is InChI=1S/C27H38N4O2/c1-30(2)16-23-25(32-17-21-4-5-21)9-7-22-24(29-33-26(22)23)8-6-20-10-14-31(15-11-20)19-27(18-28)12-3-13-27/h7,9,20-21H,3-6,8,10-17,19H2,1-2H3. The summed E-state index contributed by atoms with van der Waals surface area (Å²) in [6, 6.07) is 6.86. The number of hydrogen-bond donors (Lipinski definition) is 0. The van der Waals surface area contributed by atoms with Gasteiger partial charge >= 0.3 is 0 Å². The van der Waals surface area contributed by atoms with Gasteiger partial charge in [0, 0.05) is 18.5 Å². The lowest BCUT2D eigenvalue weighted by atomic mass is 9.69. The van der Waals surface area contributed by atoms with Gasteiger partial charge in [-0.25, -0.2) is 0 Å². The van der Waals surface area contributed by atoms with E-state index in [2.05, 4.69) is 47.3 Å². The highest BCUT2D eigenvalue weighted by atomic mass is 16.5. The van der Waals surface area contributed by atoms with Crippen molar-refractivity contribution in [2.45, 2.75) is 64.3 Å². The first-order valence-electron chi connectivity index (χ1n) is 12.9. The van der Waals surface area contributed by atoms with E-state index in [9.17, 15) is 5.26 Å². The zero-order valence-electron chi connectivity index (χ0n) is 20.3. The van der Waals surface area contributed by atoms with Gasteiger partial charge in [0.25, 0.3) is 0 Å². The number of piperidine rings is 1. The summed E-state index contributed by atoms with van der Waals surface area (Å²) >= 11 is 0. The minimum Gasteiger partial charge on any atom is -0.493 e. The van der Waals surface area contributed by atoms with Crippen molar-refractivity contribution in [3.05, 3.63) is 23.4 Å². The van der Waals surface area contributed by atoms with Gasteiger partial charge in [-0.2, -0.15) is 5.26 Å². The molecular formula is C27H38N4O2. The molecule has 1 aromatic carbocycles. The van der Waals surface area contributed by atoms with Crippen molar-refractivity contribution in [2.24, 2.45) is 17.3 Å². The summed E-state index contributed by atoms with van der Waals surface area (Å²) < 4.78 is 12.1. The van der Waals surface area contributed by atoms with Crippen LogP contribution in [-0.2, 0) is 13.0 Å². The molecule has 0 N–H and O–H groups in total. The molecule has 178 valence electrons. The van der Waals surface area contributed by atoms with Crippen molar-refractivity contribution in [1.82, 2.24) is 15.0 Å². The molecule has 2 heterocycles. The molecule has 2 aromatic rings. The van der Waals surface area contributed by atoms with Crippen molar-refractivity contribution in [2.75, 3.05) is 40.3 Å². The number of benzene rings is 1. The van der Waals surface area contributed by atoms with Gasteiger partial charge < -0.3 is 19.1 Å². The average molecular weight is 451 g/mol. The fraction of sp³-hybridized carbons (Fsp3) is 0.704. The van der Waals surface area contributed by atoms with Crippen LogP contribution in [0.4, 0.5) is 0 Å². The summed E-state index contributed by atoms with van der Waals surface area (Å²) in [6.07, 6.45) is 10.5. The molecule has 3 fully saturated rings. The van der Waals surface area contributed by atoms with Crippen LogP contribution in [0.25, 0.3) is 11.0 Å². The second kappa shape index (κ2) is 9.64. The van der Waals surface area contributed by atoms with E-state index in [1.807, 2.05) is 0 Å². The maximum absolute atomic E-state index is 9.53. The highest BCUT2D eigenvalue weighted by Crippen LogP contribution is 2.41. The maximum Gasteiger partial charge on any atom is 0.175 e. The van der Waals surface area contributed by atoms with Crippen LogP contribution in [0.3, 0.4) is 0 Å². The van der Waals surface area contributed by atoms with Crippen LogP contribution in [-0.4, -0.2) is 55.3 Å². The number of rotatable bonds is 10. The van der Waals surface area contributed by atoms with E-state index in [0.717, 1.165) is 98.3 Å². The minimum atomic E-state index is -0.0437. The predicted octanol–water partition coefficient (Wildman–Crippen LogP) is 5.02. The zero-order chi connectivity index (χ0) is 22.8. The molecule has 0 unspecified atom stereocenters. The fourth-order valence-corrected chi connectivity index (χ4v) is 5.48. The molecule has 0 amide bonds. The first-order chi connectivity index (χ1) is 16.0. The predicted molar refractivity (Wildman–Crippen MR) is 129 cm³/mol. The van der Waals surface area contributed by atoms with E-state index in [1.54, 1.807) is 0 Å². The van der Waals surface area contributed by atoms with Crippen LogP contribution in [0.2, 0.25) is 0 Å². The zero-order valence-corrected chi connectivity index (χ0v) is 20.3. The molecule has 1 aliphatic heterocycles. The van der Waals surface area contributed by atoms with E-state index in [0.29, 0.717) is 0 Å². The average Bonchev–Trinajstić information content (AvgIpc) is 3.53. The number of fused-ring (bicyclic) bond motifs is 1. The third-order valence-corrected chi connectivity index (χ3v) is 7.99. The van der Waals surface area contributed by atoms with Crippen molar-refractivity contribution in [3.8, 4) is 11.8 Å². The SMILES string of the molecule is CN(C)Cc1c(OCC2CC2)ccc2c(CCC3CCN(CC4(C#N)CCC4)CC3)noc12. The Kier molecular flexibility index (Phi) is 6.62. The molecule has 0 atom stereocenters. The quantitative estimate of drug-likeness (QED) is 0.507. The Balaban J connectivity index is 1.19. The molecule has 0 radical (unpaired) electrons. The number of likely N-dealkylation sites (tertiary alicyclic amines) is 1. The van der Waals surface area contributed by atoms with Crippen molar-refractivity contribution in [3.63, 3.8) is 0 Å². The highest BCUT2D eigenvalue weighted by molar-refractivity contribution is 5.84. The van der Waals surface area contributed by atoms with Crippen molar-refractivity contribution >= 4 is 11.0 Å². The van der Waals surface area contributed by atoms with Crippen molar-refractivity contribution in [1.29, 1.82) is 5.26 Å². The summed E-state index contributed by atoms with van der Waals surface area (Å²) in [5, 5.41) is 15.2. The second-order valence-electron chi connectivity index (χ2n) is 11.0. The minimum absolute atomic E-state index is 0.0437. The fourth-order valence-electron chi connectivity index (χ4n) is 5.48. The third kappa shape index (κ3) is 5.20. The third-order valence-electron chi connectivity index (χ3n) is 7.99. The van der Waals surface area contributed by atoms with E-state index in [4.69, 9.17) is 9.26 Å². The molecule has 1 aromatic heterocycles. The maximum atomic E-state index is 9.53. The van der Waals surface area contributed by atoms with Gasteiger partial charge in [-0.15, -0.1) is 0 Å². The largest absolute Gasteiger partial charge is 0.493 e. The number of hydrogen-bond acceptors (Lipinski definition) is 6. The lowest BCUT2D eigenvalue weighted by Gasteiger charge is -2.42.